The van der Waals surface area contributed by atoms with Crippen LogP contribution in [0.2, 0.25) is 0 Å². The fraction of sp³-hybridized carbons (Fsp3) is 0.667. The molecule has 18 heavy (non-hydrogen) atoms. The largest absolute Gasteiger partial charge is 0.370 e. The smallest absolute Gasteiger partial charge is 0.130 e. The normalized spacial score (nSPS) is 16.4. The molecule has 0 amide bonds. The van der Waals surface area contributed by atoms with Gasteiger partial charge in [0.25, 0.3) is 0 Å². The Bertz CT molecular complexity index is 359. The van der Waals surface area contributed by atoms with Crippen LogP contribution >= 0.6 is 0 Å². The first-order chi connectivity index (χ1) is 8.85. The van der Waals surface area contributed by atoms with E-state index in [1.807, 2.05) is 12.3 Å². The van der Waals surface area contributed by atoms with Gasteiger partial charge in [0.15, 0.2) is 0 Å². The third-order valence-corrected chi connectivity index (χ3v) is 3.86. The lowest BCUT2D eigenvalue weighted by Crippen LogP contribution is -2.32. The molecule has 0 aliphatic heterocycles. The van der Waals surface area contributed by atoms with Crippen LogP contribution in [0.1, 0.15) is 45.1 Å². The van der Waals surface area contributed by atoms with Gasteiger partial charge in [0, 0.05) is 30.9 Å². The van der Waals surface area contributed by atoms with Crippen molar-refractivity contribution in [3.63, 3.8) is 0 Å². The number of rotatable bonds is 6. The van der Waals surface area contributed by atoms with Crippen molar-refractivity contribution in [1.82, 2.24) is 9.88 Å². The Balaban J connectivity index is 2.06. The first kappa shape index (κ1) is 13.3. The maximum Gasteiger partial charge on any atom is 0.130 e. The van der Waals surface area contributed by atoms with Crippen LogP contribution in [0.4, 0.5) is 5.82 Å². The molecule has 0 atom stereocenters. The van der Waals surface area contributed by atoms with Crippen molar-refractivity contribution in [2.45, 2.75) is 52.1 Å². The van der Waals surface area contributed by atoms with E-state index in [0.29, 0.717) is 0 Å². The molecule has 1 aliphatic rings. The summed E-state index contributed by atoms with van der Waals surface area (Å²) in [6, 6.07) is 5.02. The molecule has 0 radical (unpaired) electrons. The van der Waals surface area contributed by atoms with Gasteiger partial charge in [-0.25, -0.2) is 4.98 Å². The summed E-state index contributed by atoms with van der Waals surface area (Å²) in [6.07, 6.45) is 7.39. The molecule has 1 aromatic rings. The monoisotopic (exact) mass is 247 g/mol. The molecule has 1 aliphatic carbocycles. The van der Waals surface area contributed by atoms with Gasteiger partial charge in [0.2, 0.25) is 0 Å². The van der Waals surface area contributed by atoms with Crippen molar-refractivity contribution in [1.29, 1.82) is 0 Å². The first-order valence-electron chi connectivity index (χ1n) is 7.27. The van der Waals surface area contributed by atoms with Gasteiger partial charge in [0.1, 0.15) is 5.82 Å². The van der Waals surface area contributed by atoms with Crippen LogP contribution in [-0.2, 0) is 6.54 Å². The summed E-state index contributed by atoms with van der Waals surface area (Å²) in [5.74, 6) is 1.05. The highest BCUT2D eigenvalue weighted by atomic mass is 15.2. The summed E-state index contributed by atoms with van der Waals surface area (Å²) in [5, 5.41) is 3.36. The van der Waals surface area contributed by atoms with E-state index in [4.69, 9.17) is 0 Å². The van der Waals surface area contributed by atoms with Crippen LogP contribution in [0, 0.1) is 0 Å². The Morgan fingerprint density at radius 1 is 1.33 bits per heavy atom. The van der Waals surface area contributed by atoms with Gasteiger partial charge in [-0.3, -0.25) is 4.90 Å². The third-order valence-electron chi connectivity index (χ3n) is 3.86. The van der Waals surface area contributed by atoms with Gasteiger partial charge in [-0.15, -0.1) is 0 Å². The van der Waals surface area contributed by atoms with E-state index >= 15 is 0 Å². The van der Waals surface area contributed by atoms with Gasteiger partial charge in [-0.1, -0.05) is 25.8 Å². The molecule has 0 unspecified atom stereocenters. The minimum Gasteiger partial charge on any atom is -0.370 e. The number of nitrogens with one attached hydrogen (secondary N) is 1. The maximum atomic E-state index is 4.44. The quantitative estimate of drug-likeness (QED) is 0.836. The summed E-state index contributed by atoms with van der Waals surface area (Å²) < 4.78 is 0. The molecule has 1 N–H and O–H groups in total. The molecule has 0 spiro atoms. The van der Waals surface area contributed by atoms with Gasteiger partial charge >= 0.3 is 0 Å². The zero-order valence-corrected chi connectivity index (χ0v) is 11.7. The Morgan fingerprint density at radius 3 is 2.78 bits per heavy atom. The molecular formula is C15H25N3. The predicted octanol–water partition coefficient (Wildman–Crippen LogP) is 3.28. The number of aromatic nitrogens is 1. The first-order valence-corrected chi connectivity index (χ1v) is 7.27. The highest BCUT2D eigenvalue weighted by Crippen LogP contribution is 2.25. The van der Waals surface area contributed by atoms with Gasteiger partial charge in [-0.05, 0) is 32.4 Å². The topological polar surface area (TPSA) is 28.2 Å². The molecule has 100 valence electrons. The SMILES string of the molecule is CCNc1ncccc1CN(CC)C1CCCC1. The molecule has 3 nitrogen and oxygen atoms in total. The molecule has 1 aromatic heterocycles. The van der Waals surface area contributed by atoms with E-state index in [2.05, 4.69) is 35.1 Å². The standard InChI is InChI=1S/C15H25N3/c1-3-16-15-13(8-7-11-17-15)12-18(4-2)14-9-5-6-10-14/h7-8,11,14H,3-6,9-10,12H2,1-2H3,(H,16,17). The highest BCUT2D eigenvalue weighted by Gasteiger charge is 2.22. The highest BCUT2D eigenvalue weighted by molar-refractivity contribution is 5.43. The number of hydrogen-bond donors (Lipinski definition) is 1. The number of anilines is 1. The lowest BCUT2D eigenvalue weighted by Gasteiger charge is -2.28. The van der Waals surface area contributed by atoms with E-state index in [0.717, 1.165) is 31.5 Å². The second-order valence-electron chi connectivity index (χ2n) is 5.04. The van der Waals surface area contributed by atoms with Crippen LogP contribution in [0.15, 0.2) is 18.3 Å². The van der Waals surface area contributed by atoms with Crippen LogP contribution in [0.3, 0.4) is 0 Å². The zero-order valence-electron chi connectivity index (χ0n) is 11.7. The second-order valence-corrected chi connectivity index (χ2v) is 5.04. The summed E-state index contributed by atoms with van der Waals surface area (Å²) in [5.41, 5.74) is 1.33. The van der Waals surface area contributed by atoms with E-state index in [1.54, 1.807) is 0 Å². The Kier molecular flexibility index (Phi) is 5.00. The van der Waals surface area contributed by atoms with Crippen molar-refractivity contribution >= 4 is 5.82 Å². The van der Waals surface area contributed by atoms with Crippen molar-refractivity contribution < 1.29 is 0 Å². The Labute approximate surface area is 111 Å². The van der Waals surface area contributed by atoms with Gasteiger partial charge in [-0.2, -0.15) is 0 Å². The zero-order chi connectivity index (χ0) is 12.8. The molecule has 2 rings (SSSR count). The second kappa shape index (κ2) is 6.74. The lowest BCUT2D eigenvalue weighted by atomic mass is 10.1. The van der Waals surface area contributed by atoms with Crippen molar-refractivity contribution in [3.8, 4) is 0 Å². The van der Waals surface area contributed by atoms with Gasteiger partial charge < -0.3 is 5.32 Å². The van der Waals surface area contributed by atoms with Crippen LogP contribution in [0.5, 0.6) is 0 Å². The van der Waals surface area contributed by atoms with Crippen LogP contribution in [-0.4, -0.2) is 29.0 Å². The Morgan fingerprint density at radius 2 is 2.11 bits per heavy atom. The average Bonchev–Trinajstić information content (AvgIpc) is 2.92. The van der Waals surface area contributed by atoms with E-state index < -0.39 is 0 Å². The van der Waals surface area contributed by atoms with Crippen LogP contribution in [0.25, 0.3) is 0 Å². The van der Waals surface area contributed by atoms with Crippen LogP contribution < -0.4 is 5.32 Å². The summed E-state index contributed by atoms with van der Waals surface area (Å²) in [4.78, 5) is 7.05. The maximum absolute atomic E-state index is 4.44. The minimum atomic E-state index is 0.782. The summed E-state index contributed by atoms with van der Waals surface area (Å²) in [7, 11) is 0. The molecule has 1 saturated carbocycles. The predicted molar refractivity (Wildman–Crippen MR) is 76.7 cm³/mol. The Hall–Kier alpha value is -1.09. The number of nitrogens with zero attached hydrogens (tertiary/aromatic N) is 2. The lowest BCUT2D eigenvalue weighted by molar-refractivity contribution is 0.200. The molecule has 3 heteroatoms. The molecule has 1 fully saturated rings. The fourth-order valence-corrected chi connectivity index (χ4v) is 2.88. The third kappa shape index (κ3) is 3.22. The van der Waals surface area contributed by atoms with E-state index in [-0.39, 0.29) is 0 Å². The van der Waals surface area contributed by atoms with Crippen molar-refractivity contribution in [2.24, 2.45) is 0 Å². The number of pyridine rings is 1. The minimum absolute atomic E-state index is 0.782. The molecule has 0 saturated heterocycles. The molecular weight excluding hydrogens is 222 g/mol. The summed E-state index contributed by atoms with van der Waals surface area (Å²) >= 11 is 0. The number of hydrogen-bond acceptors (Lipinski definition) is 3. The van der Waals surface area contributed by atoms with Crippen molar-refractivity contribution in [3.05, 3.63) is 23.9 Å². The fourth-order valence-electron chi connectivity index (χ4n) is 2.88. The van der Waals surface area contributed by atoms with Gasteiger partial charge in [0.05, 0.1) is 0 Å². The average molecular weight is 247 g/mol. The molecule has 0 aromatic carbocycles. The molecule has 0 bridgehead atoms. The van der Waals surface area contributed by atoms with E-state index in [9.17, 15) is 0 Å². The van der Waals surface area contributed by atoms with E-state index in [1.165, 1.54) is 31.2 Å². The summed E-state index contributed by atoms with van der Waals surface area (Å²) in [6.45, 7) is 7.47. The molecule has 1 heterocycles. The van der Waals surface area contributed by atoms with Crippen molar-refractivity contribution in [2.75, 3.05) is 18.4 Å².